The predicted molar refractivity (Wildman–Crippen MR) is 106 cm³/mol. The fraction of sp³-hybridized carbons (Fsp3) is 0.500. The molecule has 1 saturated heterocycles. The quantitative estimate of drug-likeness (QED) is 0.829. The molecule has 1 aliphatic rings. The molecule has 27 heavy (non-hydrogen) atoms. The fourth-order valence-corrected chi connectivity index (χ4v) is 3.92. The number of carbonyl (C=O) groups excluding carboxylic acids is 1. The van der Waals surface area contributed by atoms with Crippen LogP contribution in [0, 0.1) is 20.8 Å². The van der Waals surface area contributed by atoms with Crippen LogP contribution in [0.4, 0.5) is 0 Å². The van der Waals surface area contributed by atoms with Gasteiger partial charge in [-0.05, 0) is 64.4 Å². The van der Waals surface area contributed by atoms with Gasteiger partial charge >= 0.3 is 0 Å². The van der Waals surface area contributed by atoms with Crippen LogP contribution in [0.15, 0.2) is 28.7 Å². The third-order valence-corrected chi connectivity index (χ3v) is 5.58. The van der Waals surface area contributed by atoms with E-state index >= 15 is 0 Å². The smallest absolute Gasteiger partial charge is 0.255 e. The summed E-state index contributed by atoms with van der Waals surface area (Å²) in [7, 11) is 1.68. The Bertz CT molecular complexity index is 774. The highest BCUT2D eigenvalue weighted by molar-refractivity contribution is 5.96. The molecule has 1 aliphatic heterocycles. The summed E-state index contributed by atoms with van der Waals surface area (Å²) in [4.78, 5) is 15.3. The predicted octanol–water partition coefficient (Wildman–Crippen LogP) is 4.17. The molecule has 0 aliphatic carbocycles. The summed E-state index contributed by atoms with van der Waals surface area (Å²) >= 11 is 0. The summed E-state index contributed by atoms with van der Waals surface area (Å²) < 4.78 is 10.9. The molecule has 1 aromatic heterocycles. The highest BCUT2D eigenvalue weighted by atomic mass is 16.5. The molecular formula is C22H30N2O3. The molecule has 0 bridgehead atoms. The average molecular weight is 370 g/mol. The number of carbonyl (C=O) groups is 1. The standard InChI is InChI=1S/C22H30N2O3/c1-15-16(2)27-17(3)21(15)22(25)23-14-20(24-12-6-5-7-13-24)18-8-10-19(26-4)11-9-18/h8-11,20H,5-7,12-14H2,1-4H3,(H,23,25). The monoisotopic (exact) mass is 370 g/mol. The third kappa shape index (κ3) is 4.35. The molecule has 146 valence electrons. The summed E-state index contributed by atoms with van der Waals surface area (Å²) in [6, 6.07) is 8.34. The molecule has 2 heterocycles. The molecule has 5 nitrogen and oxygen atoms in total. The molecule has 0 radical (unpaired) electrons. The highest BCUT2D eigenvalue weighted by Crippen LogP contribution is 2.26. The summed E-state index contributed by atoms with van der Waals surface area (Å²) in [6.45, 7) is 8.39. The van der Waals surface area contributed by atoms with E-state index in [2.05, 4.69) is 22.3 Å². The normalized spacial score (nSPS) is 16.1. The number of hydrogen-bond acceptors (Lipinski definition) is 4. The van der Waals surface area contributed by atoms with Crippen LogP contribution in [0.2, 0.25) is 0 Å². The number of rotatable bonds is 6. The van der Waals surface area contributed by atoms with Gasteiger partial charge in [0.05, 0.1) is 18.7 Å². The first-order valence-electron chi connectivity index (χ1n) is 9.74. The average Bonchev–Trinajstić information content (AvgIpc) is 2.95. The molecule has 2 aromatic rings. The minimum absolute atomic E-state index is 0.0580. The minimum Gasteiger partial charge on any atom is -0.497 e. The van der Waals surface area contributed by atoms with Gasteiger partial charge in [0.25, 0.3) is 5.91 Å². The number of hydrogen-bond donors (Lipinski definition) is 1. The number of likely N-dealkylation sites (tertiary alicyclic amines) is 1. The van der Waals surface area contributed by atoms with Crippen molar-refractivity contribution in [3.63, 3.8) is 0 Å². The fourth-order valence-electron chi connectivity index (χ4n) is 3.92. The SMILES string of the molecule is COc1ccc(C(CNC(=O)c2c(C)oc(C)c2C)N2CCCCC2)cc1. The molecule has 0 saturated carbocycles. The van der Waals surface area contributed by atoms with E-state index < -0.39 is 0 Å². The molecule has 1 N–H and O–H groups in total. The lowest BCUT2D eigenvalue weighted by Crippen LogP contribution is -2.40. The molecule has 1 atom stereocenters. The molecule has 1 aromatic carbocycles. The summed E-state index contributed by atoms with van der Waals surface area (Å²) in [5.74, 6) is 2.28. The number of aryl methyl sites for hydroxylation is 2. The van der Waals surface area contributed by atoms with Gasteiger partial charge in [-0.3, -0.25) is 9.69 Å². The van der Waals surface area contributed by atoms with E-state index in [0.717, 1.165) is 30.2 Å². The molecule has 1 amide bonds. The van der Waals surface area contributed by atoms with Gasteiger partial charge in [0, 0.05) is 12.1 Å². The lowest BCUT2D eigenvalue weighted by atomic mass is 10.0. The van der Waals surface area contributed by atoms with E-state index in [-0.39, 0.29) is 11.9 Å². The van der Waals surface area contributed by atoms with Crippen LogP contribution in [0.1, 0.15) is 58.3 Å². The Morgan fingerprint density at radius 3 is 2.33 bits per heavy atom. The maximum Gasteiger partial charge on any atom is 0.255 e. The highest BCUT2D eigenvalue weighted by Gasteiger charge is 2.25. The van der Waals surface area contributed by atoms with Gasteiger partial charge < -0.3 is 14.5 Å². The van der Waals surface area contributed by atoms with Crippen molar-refractivity contribution in [2.24, 2.45) is 0 Å². The Morgan fingerprint density at radius 1 is 1.11 bits per heavy atom. The second kappa shape index (κ2) is 8.61. The number of furan rings is 1. The molecule has 3 rings (SSSR count). The van der Waals surface area contributed by atoms with Crippen LogP contribution in [0.25, 0.3) is 0 Å². The van der Waals surface area contributed by atoms with E-state index in [1.165, 1.54) is 24.8 Å². The van der Waals surface area contributed by atoms with Gasteiger partial charge in [-0.25, -0.2) is 0 Å². The van der Waals surface area contributed by atoms with Crippen LogP contribution in [-0.4, -0.2) is 37.6 Å². The van der Waals surface area contributed by atoms with Crippen LogP contribution in [-0.2, 0) is 0 Å². The van der Waals surface area contributed by atoms with E-state index in [4.69, 9.17) is 9.15 Å². The first-order chi connectivity index (χ1) is 13.0. The number of amides is 1. The van der Waals surface area contributed by atoms with Crippen molar-refractivity contribution in [1.82, 2.24) is 10.2 Å². The Morgan fingerprint density at radius 2 is 1.78 bits per heavy atom. The summed E-state index contributed by atoms with van der Waals surface area (Å²) in [5.41, 5.74) is 2.79. The number of ether oxygens (including phenoxy) is 1. The summed E-state index contributed by atoms with van der Waals surface area (Å²) in [6.07, 6.45) is 3.70. The number of nitrogens with zero attached hydrogens (tertiary/aromatic N) is 1. The van der Waals surface area contributed by atoms with Crippen molar-refractivity contribution in [3.8, 4) is 5.75 Å². The van der Waals surface area contributed by atoms with E-state index in [9.17, 15) is 4.79 Å². The summed E-state index contributed by atoms with van der Waals surface area (Å²) in [5, 5.41) is 3.15. The zero-order valence-corrected chi connectivity index (χ0v) is 16.8. The van der Waals surface area contributed by atoms with Crippen molar-refractivity contribution in [1.29, 1.82) is 0 Å². The van der Waals surface area contributed by atoms with Crippen molar-refractivity contribution in [2.75, 3.05) is 26.7 Å². The third-order valence-electron chi connectivity index (χ3n) is 5.58. The van der Waals surface area contributed by atoms with Crippen molar-refractivity contribution >= 4 is 5.91 Å². The van der Waals surface area contributed by atoms with Crippen LogP contribution in [0.3, 0.4) is 0 Å². The van der Waals surface area contributed by atoms with Gasteiger partial charge in [0.15, 0.2) is 0 Å². The van der Waals surface area contributed by atoms with E-state index in [1.807, 2.05) is 32.9 Å². The zero-order valence-electron chi connectivity index (χ0n) is 16.8. The van der Waals surface area contributed by atoms with Gasteiger partial charge in [0.2, 0.25) is 0 Å². The van der Waals surface area contributed by atoms with Crippen LogP contribution in [0.5, 0.6) is 5.75 Å². The number of benzene rings is 1. The van der Waals surface area contributed by atoms with Crippen LogP contribution < -0.4 is 10.1 Å². The minimum atomic E-state index is -0.0580. The van der Waals surface area contributed by atoms with Gasteiger partial charge in [-0.15, -0.1) is 0 Å². The Balaban J connectivity index is 1.77. The Labute approximate surface area is 161 Å². The van der Waals surface area contributed by atoms with E-state index in [0.29, 0.717) is 17.9 Å². The first kappa shape index (κ1) is 19.5. The second-order valence-corrected chi connectivity index (χ2v) is 7.31. The second-order valence-electron chi connectivity index (χ2n) is 7.31. The van der Waals surface area contributed by atoms with E-state index in [1.54, 1.807) is 7.11 Å². The largest absolute Gasteiger partial charge is 0.497 e. The van der Waals surface area contributed by atoms with Crippen molar-refractivity contribution in [2.45, 2.75) is 46.1 Å². The maximum absolute atomic E-state index is 12.8. The Hall–Kier alpha value is -2.27. The van der Waals surface area contributed by atoms with Gasteiger partial charge in [0.1, 0.15) is 17.3 Å². The van der Waals surface area contributed by atoms with Crippen LogP contribution >= 0.6 is 0 Å². The zero-order chi connectivity index (χ0) is 19.4. The first-order valence-corrected chi connectivity index (χ1v) is 9.74. The number of nitrogens with one attached hydrogen (secondary N) is 1. The molecule has 5 heteroatoms. The lowest BCUT2D eigenvalue weighted by molar-refractivity contribution is 0.0922. The van der Waals surface area contributed by atoms with Crippen molar-refractivity contribution < 1.29 is 13.9 Å². The van der Waals surface area contributed by atoms with Gasteiger partial charge in [-0.1, -0.05) is 18.6 Å². The topological polar surface area (TPSA) is 54.7 Å². The molecular weight excluding hydrogens is 340 g/mol. The molecule has 1 unspecified atom stereocenters. The maximum atomic E-state index is 12.8. The lowest BCUT2D eigenvalue weighted by Gasteiger charge is -2.35. The number of piperidine rings is 1. The van der Waals surface area contributed by atoms with Crippen molar-refractivity contribution in [3.05, 3.63) is 52.5 Å². The molecule has 0 spiro atoms. The number of methoxy groups -OCH3 is 1. The Kier molecular flexibility index (Phi) is 6.22. The molecule has 1 fully saturated rings. The van der Waals surface area contributed by atoms with Gasteiger partial charge in [-0.2, -0.15) is 0 Å².